The van der Waals surface area contributed by atoms with Crippen molar-refractivity contribution in [1.29, 1.82) is 0 Å². The fourth-order valence-corrected chi connectivity index (χ4v) is 2.32. The highest BCUT2D eigenvalue weighted by molar-refractivity contribution is 7.16. The number of carbonyl (C=O) groups excluding carboxylic acids is 1. The van der Waals surface area contributed by atoms with Gasteiger partial charge in [-0.1, -0.05) is 11.6 Å². The molecule has 0 atom stereocenters. The van der Waals surface area contributed by atoms with Crippen molar-refractivity contribution < 1.29 is 13.9 Å². The lowest BCUT2D eigenvalue weighted by molar-refractivity contribution is 0.112. The smallest absolute Gasteiger partial charge is 0.150 e. The van der Waals surface area contributed by atoms with Crippen LogP contribution in [-0.2, 0) is 6.61 Å². The number of hydrogen-bond acceptors (Lipinski definition) is 3. The zero-order valence-electron chi connectivity index (χ0n) is 8.65. The first-order chi connectivity index (χ1) is 8.17. The van der Waals surface area contributed by atoms with Crippen molar-refractivity contribution in [2.75, 3.05) is 0 Å². The zero-order valence-corrected chi connectivity index (χ0v) is 10.2. The minimum absolute atomic E-state index is 0.254. The normalized spacial score (nSPS) is 10.2. The second-order valence-electron chi connectivity index (χ2n) is 3.33. The summed E-state index contributed by atoms with van der Waals surface area (Å²) < 4.78 is 19.1. The largest absolute Gasteiger partial charge is 0.488 e. The van der Waals surface area contributed by atoms with Gasteiger partial charge in [0.25, 0.3) is 0 Å². The second-order valence-corrected chi connectivity index (χ2v) is 5.13. The third-order valence-electron chi connectivity index (χ3n) is 2.04. The van der Waals surface area contributed by atoms with Crippen LogP contribution in [0.3, 0.4) is 0 Å². The summed E-state index contributed by atoms with van der Waals surface area (Å²) in [6.45, 7) is 0.305. The molecule has 0 saturated heterocycles. The first-order valence-corrected chi connectivity index (χ1v) is 5.99. The van der Waals surface area contributed by atoms with Crippen molar-refractivity contribution in [2.45, 2.75) is 6.61 Å². The van der Waals surface area contributed by atoms with E-state index in [-0.39, 0.29) is 5.56 Å². The molecule has 0 aliphatic carbocycles. The van der Waals surface area contributed by atoms with Gasteiger partial charge in [0.15, 0.2) is 0 Å². The number of benzene rings is 1. The van der Waals surface area contributed by atoms with E-state index in [0.717, 1.165) is 10.9 Å². The summed E-state index contributed by atoms with van der Waals surface area (Å²) in [5.74, 6) is -0.162. The van der Waals surface area contributed by atoms with Crippen LogP contribution in [0.15, 0.2) is 30.3 Å². The van der Waals surface area contributed by atoms with Gasteiger partial charge in [-0.25, -0.2) is 4.39 Å². The molecule has 1 aromatic carbocycles. The highest BCUT2D eigenvalue weighted by Gasteiger charge is 2.03. The molecule has 0 bridgehead atoms. The third kappa shape index (κ3) is 3.28. The van der Waals surface area contributed by atoms with Crippen LogP contribution < -0.4 is 4.74 Å². The first kappa shape index (κ1) is 12.1. The zero-order chi connectivity index (χ0) is 12.3. The Kier molecular flexibility index (Phi) is 3.76. The van der Waals surface area contributed by atoms with Gasteiger partial charge in [-0.3, -0.25) is 4.79 Å². The Hall–Kier alpha value is -1.39. The topological polar surface area (TPSA) is 26.3 Å². The Morgan fingerprint density at radius 2 is 2.18 bits per heavy atom. The molecular formula is C12H8ClFO2S. The number of halogens is 2. The first-order valence-electron chi connectivity index (χ1n) is 4.80. The lowest BCUT2D eigenvalue weighted by Gasteiger charge is -2.05. The molecule has 0 amide bonds. The Morgan fingerprint density at radius 3 is 2.82 bits per heavy atom. The summed E-state index contributed by atoms with van der Waals surface area (Å²) >= 11 is 7.17. The van der Waals surface area contributed by atoms with Crippen molar-refractivity contribution >= 4 is 29.2 Å². The van der Waals surface area contributed by atoms with E-state index in [1.54, 1.807) is 6.07 Å². The van der Waals surface area contributed by atoms with Crippen molar-refractivity contribution in [2.24, 2.45) is 0 Å². The van der Waals surface area contributed by atoms with Crippen LogP contribution in [0.4, 0.5) is 4.39 Å². The fraction of sp³-hybridized carbons (Fsp3) is 0.0833. The molecule has 2 nitrogen and oxygen atoms in total. The van der Waals surface area contributed by atoms with E-state index in [0.29, 0.717) is 23.0 Å². The number of aldehydes is 1. The lowest BCUT2D eigenvalue weighted by atomic mass is 10.2. The molecule has 0 aliphatic rings. The van der Waals surface area contributed by atoms with E-state index in [1.165, 1.54) is 23.5 Å². The van der Waals surface area contributed by atoms with Crippen molar-refractivity contribution in [3.05, 3.63) is 50.9 Å². The summed E-state index contributed by atoms with van der Waals surface area (Å²) in [5.41, 5.74) is 0.254. The van der Waals surface area contributed by atoms with Gasteiger partial charge < -0.3 is 4.74 Å². The average molecular weight is 271 g/mol. The highest BCUT2D eigenvalue weighted by Crippen LogP contribution is 2.23. The minimum atomic E-state index is -0.492. The minimum Gasteiger partial charge on any atom is -0.488 e. The van der Waals surface area contributed by atoms with Crippen LogP contribution in [0, 0.1) is 5.82 Å². The Labute approximate surface area is 107 Å². The van der Waals surface area contributed by atoms with E-state index < -0.39 is 5.82 Å². The number of thiophene rings is 1. The molecule has 17 heavy (non-hydrogen) atoms. The fourth-order valence-electron chi connectivity index (χ4n) is 1.32. The van der Waals surface area contributed by atoms with Crippen LogP contribution in [0.1, 0.15) is 15.2 Å². The Bertz CT molecular complexity index is 539. The van der Waals surface area contributed by atoms with Gasteiger partial charge in [-0.2, -0.15) is 0 Å². The molecule has 2 rings (SSSR count). The standard InChI is InChI=1S/C12H8ClFO2S/c13-12-2-1-11(17-12)7-16-10-4-8(6-15)3-9(14)5-10/h1-6H,7H2. The quantitative estimate of drug-likeness (QED) is 0.787. The molecule has 1 heterocycles. The molecule has 0 unspecified atom stereocenters. The molecule has 1 aromatic heterocycles. The predicted molar refractivity (Wildman–Crippen MR) is 65.4 cm³/mol. The molecule has 2 aromatic rings. The third-order valence-corrected chi connectivity index (χ3v) is 3.24. The van der Waals surface area contributed by atoms with Crippen LogP contribution in [0.2, 0.25) is 4.34 Å². The van der Waals surface area contributed by atoms with E-state index in [2.05, 4.69) is 0 Å². The maximum absolute atomic E-state index is 13.1. The van der Waals surface area contributed by atoms with Gasteiger partial charge in [0, 0.05) is 16.5 Å². The van der Waals surface area contributed by atoms with Gasteiger partial charge in [0.2, 0.25) is 0 Å². The molecule has 0 saturated carbocycles. The summed E-state index contributed by atoms with van der Waals surface area (Å²) in [6.07, 6.45) is 0.581. The molecule has 0 N–H and O–H groups in total. The maximum Gasteiger partial charge on any atom is 0.150 e. The predicted octanol–water partition coefficient (Wildman–Crippen LogP) is 3.93. The SMILES string of the molecule is O=Cc1cc(F)cc(OCc2ccc(Cl)s2)c1. The molecule has 0 radical (unpaired) electrons. The lowest BCUT2D eigenvalue weighted by Crippen LogP contribution is -1.94. The van der Waals surface area contributed by atoms with E-state index >= 15 is 0 Å². The van der Waals surface area contributed by atoms with Crippen molar-refractivity contribution in [3.8, 4) is 5.75 Å². The second kappa shape index (κ2) is 5.29. The Balaban J connectivity index is 2.08. The molecule has 0 aliphatic heterocycles. The van der Waals surface area contributed by atoms with Crippen LogP contribution in [0.25, 0.3) is 0 Å². The molecular weight excluding hydrogens is 263 g/mol. The van der Waals surface area contributed by atoms with Crippen LogP contribution >= 0.6 is 22.9 Å². The molecule has 0 fully saturated rings. The van der Waals surface area contributed by atoms with Gasteiger partial charge in [0.05, 0.1) is 4.34 Å². The number of hydrogen-bond donors (Lipinski definition) is 0. The van der Waals surface area contributed by atoms with Crippen molar-refractivity contribution in [3.63, 3.8) is 0 Å². The van der Waals surface area contributed by atoms with E-state index in [4.69, 9.17) is 16.3 Å². The van der Waals surface area contributed by atoms with Crippen LogP contribution in [-0.4, -0.2) is 6.29 Å². The molecule has 5 heteroatoms. The van der Waals surface area contributed by atoms with Gasteiger partial charge >= 0.3 is 0 Å². The Morgan fingerprint density at radius 1 is 1.35 bits per heavy atom. The summed E-state index contributed by atoms with van der Waals surface area (Å²) in [5, 5.41) is 0. The van der Waals surface area contributed by atoms with Crippen molar-refractivity contribution in [1.82, 2.24) is 0 Å². The number of rotatable bonds is 4. The maximum atomic E-state index is 13.1. The van der Waals surface area contributed by atoms with Gasteiger partial charge in [0.1, 0.15) is 24.5 Å². The highest BCUT2D eigenvalue weighted by atomic mass is 35.5. The molecule has 88 valence electrons. The van der Waals surface area contributed by atoms with Gasteiger partial charge in [-0.05, 0) is 24.3 Å². The summed E-state index contributed by atoms with van der Waals surface area (Å²) in [7, 11) is 0. The molecule has 0 spiro atoms. The monoisotopic (exact) mass is 270 g/mol. The van der Waals surface area contributed by atoms with E-state index in [1.807, 2.05) is 6.07 Å². The number of carbonyl (C=O) groups is 1. The average Bonchev–Trinajstić information content (AvgIpc) is 2.72. The summed E-state index contributed by atoms with van der Waals surface area (Å²) in [6, 6.07) is 7.50. The van der Waals surface area contributed by atoms with Crippen LogP contribution in [0.5, 0.6) is 5.75 Å². The van der Waals surface area contributed by atoms with Gasteiger partial charge in [-0.15, -0.1) is 11.3 Å². The summed E-state index contributed by atoms with van der Waals surface area (Å²) in [4.78, 5) is 11.5. The number of ether oxygens (including phenoxy) is 1. The van der Waals surface area contributed by atoms with E-state index in [9.17, 15) is 9.18 Å².